The molecule has 0 rings (SSSR count). The molecule has 3 heteroatoms. The van der Waals surface area contributed by atoms with Gasteiger partial charge in [0, 0.05) is 0 Å². The lowest BCUT2D eigenvalue weighted by molar-refractivity contribution is -0.116. The van der Waals surface area contributed by atoms with Crippen LogP contribution in [0, 0.1) is 0 Å². The first kappa shape index (κ1) is 7.90. The summed E-state index contributed by atoms with van der Waals surface area (Å²) in [5.41, 5.74) is -0.222. The van der Waals surface area contributed by atoms with Gasteiger partial charge in [0.2, 0.25) is 0 Å². The fourth-order valence-electron chi connectivity index (χ4n) is 0.286. The second-order valence-corrected chi connectivity index (χ2v) is 4.03. The maximum Gasteiger partial charge on any atom is 0.139 e. The Labute approximate surface area is 50.1 Å². The number of Topliss-reactive ketones (excluding diaryl/α,β-unsaturated/α-hetero) is 1. The first-order valence-electron chi connectivity index (χ1n) is 2.56. The van der Waals surface area contributed by atoms with Crippen molar-refractivity contribution in [3.63, 3.8) is 0 Å². The van der Waals surface area contributed by atoms with Crippen LogP contribution in [-0.2, 0) is 9.36 Å². The summed E-state index contributed by atoms with van der Waals surface area (Å²) in [5.74, 6) is 0.0244. The van der Waals surface area contributed by atoms with Gasteiger partial charge in [-0.1, -0.05) is 0 Å². The monoisotopic (exact) mass is 134 g/mol. The van der Waals surface area contributed by atoms with Gasteiger partial charge in [-0.2, -0.15) is 0 Å². The average Bonchev–Trinajstić information content (AvgIpc) is 1.64. The summed E-state index contributed by atoms with van der Waals surface area (Å²) in [6, 6.07) is 0. The molecule has 0 amide bonds. The minimum absolute atomic E-state index is 0.0244. The number of hydrogen-bond donors (Lipinski definition) is 0. The third kappa shape index (κ3) is 2.27. The smallest absolute Gasteiger partial charge is 0.139 e. The van der Waals surface area contributed by atoms with Gasteiger partial charge < -0.3 is 4.57 Å². The summed E-state index contributed by atoms with van der Waals surface area (Å²) in [5, 5.41) is 0. The Morgan fingerprint density at radius 3 is 2.00 bits per heavy atom. The summed E-state index contributed by atoms with van der Waals surface area (Å²) in [6.45, 7) is 4.77. The molecule has 0 N–H and O–H groups in total. The van der Waals surface area contributed by atoms with Crippen LogP contribution in [0.1, 0.15) is 13.8 Å². The van der Waals surface area contributed by atoms with Gasteiger partial charge in [0.1, 0.15) is 5.78 Å². The molecule has 8 heavy (non-hydrogen) atoms. The van der Waals surface area contributed by atoms with Gasteiger partial charge in [-0.15, -0.1) is 0 Å². The van der Waals surface area contributed by atoms with Crippen LogP contribution in [0.25, 0.3) is 0 Å². The summed E-state index contributed by atoms with van der Waals surface area (Å²) in [6.07, 6.45) is 0. The number of carbonyl (C=O) groups is 1. The molecule has 0 aromatic carbocycles. The molecule has 0 fully saturated rings. The lowest BCUT2D eigenvalue weighted by Crippen LogP contribution is -2.06. The fourth-order valence-corrected chi connectivity index (χ4v) is 0.859. The second-order valence-electron chi connectivity index (χ2n) is 1.94. The van der Waals surface area contributed by atoms with Crippen LogP contribution in [0.4, 0.5) is 0 Å². The molecule has 0 aromatic rings. The Bertz CT molecular complexity index is 106. The standard InChI is InChI=1S/C5H11O2P/c1-4(6)5(2)8(3)7/h5,8H,1-3H3. The van der Waals surface area contributed by atoms with E-state index in [9.17, 15) is 9.36 Å². The largest absolute Gasteiger partial charge is 0.326 e. The van der Waals surface area contributed by atoms with E-state index in [4.69, 9.17) is 0 Å². The topological polar surface area (TPSA) is 34.1 Å². The predicted octanol–water partition coefficient (Wildman–Crippen LogP) is 1.15. The van der Waals surface area contributed by atoms with E-state index in [1.807, 2.05) is 0 Å². The molecule has 2 nitrogen and oxygen atoms in total. The number of carbonyl (C=O) groups excluding carboxylic acids is 1. The first-order chi connectivity index (χ1) is 3.55. The van der Waals surface area contributed by atoms with Crippen molar-refractivity contribution in [2.45, 2.75) is 19.5 Å². The Kier molecular flexibility index (Phi) is 2.99. The molecule has 0 spiro atoms. The van der Waals surface area contributed by atoms with Crippen LogP contribution in [0.15, 0.2) is 0 Å². The molecule has 0 aliphatic heterocycles. The normalized spacial score (nSPS) is 17.4. The highest BCUT2D eigenvalue weighted by atomic mass is 31.1. The van der Waals surface area contributed by atoms with Gasteiger partial charge >= 0.3 is 0 Å². The third-order valence-corrected chi connectivity index (χ3v) is 2.85. The van der Waals surface area contributed by atoms with E-state index < -0.39 is 7.80 Å². The van der Waals surface area contributed by atoms with Crippen molar-refractivity contribution in [2.24, 2.45) is 0 Å². The van der Waals surface area contributed by atoms with E-state index in [0.717, 1.165) is 0 Å². The highest BCUT2D eigenvalue weighted by Crippen LogP contribution is 2.22. The lowest BCUT2D eigenvalue weighted by Gasteiger charge is -1.99. The molecule has 0 aromatic heterocycles. The number of ketones is 1. The molecule has 0 radical (unpaired) electrons. The van der Waals surface area contributed by atoms with Crippen molar-refractivity contribution >= 4 is 13.6 Å². The number of rotatable bonds is 2. The molecule has 0 aliphatic carbocycles. The summed E-state index contributed by atoms with van der Waals surface area (Å²) in [4.78, 5) is 10.4. The highest BCUT2D eigenvalue weighted by Gasteiger charge is 2.09. The molecular formula is C5H11O2P. The zero-order valence-electron chi connectivity index (χ0n) is 5.39. The molecular weight excluding hydrogens is 123 g/mol. The summed E-state index contributed by atoms with van der Waals surface area (Å²) in [7, 11) is -1.61. The van der Waals surface area contributed by atoms with Crippen LogP contribution in [0.2, 0.25) is 0 Å². The van der Waals surface area contributed by atoms with E-state index in [1.54, 1.807) is 13.6 Å². The van der Waals surface area contributed by atoms with Crippen LogP contribution in [0.3, 0.4) is 0 Å². The van der Waals surface area contributed by atoms with Gasteiger partial charge in [0.05, 0.1) is 13.5 Å². The van der Waals surface area contributed by atoms with Crippen molar-refractivity contribution in [1.82, 2.24) is 0 Å². The van der Waals surface area contributed by atoms with Crippen molar-refractivity contribution < 1.29 is 9.36 Å². The molecule has 0 bridgehead atoms. The van der Waals surface area contributed by atoms with Gasteiger partial charge in [0.15, 0.2) is 0 Å². The number of hydrogen-bond acceptors (Lipinski definition) is 2. The zero-order chi connectivity index (χ0) is 6.73. The fraction of sp³-hybridized carbons (Fsp3) is 0.800. The molecule has 0 heterocycles. The Balaban J connectivity index is 3.83. The molecule has 0 saturated carbocycles. The van der Waals surface area contributed by atoms with Gasteiger partial charge in [-0.05, 0) is 20.5 Å². The van der Waals surface area contributed by atoms with E-state index in [0.29, 0.717) is 0 Å². The van der Waals surface area contributed by atoms with Crippen LogP contribution in [-0.4, -0.2) is 18.1 Å². The second kappa shape index (κ2) is 3.03. The lowest BCUT2D eigenvalue weighted by atomic mass is 10.3. The van der Waals surface area contributed by atoms with E-state index in [1.165, 1.54) is 6.92 Å². The van der Waals surface area contributed by atoms with Crippen LogP contribution >= 0.6 is 7.80 Å². The van der Waals surface area contributed by atoms with E-state index in [2.05, 4.69) is 0 Å². The maximum absolute atomic E-state index is 10.5. The van der Waals surface area contributed by atoms with E-state index in [-0.39, 0.29) is 11.4 Å². The molecule has 0 aliphatic rings. The van der Waals surface area contributed by atoms with Crippen molar-refractivity contribution in [2.75, 3.05) is 6.66 Å². The first-order valence-corrected chi connectivity index (χ1v) is 4.55. The van der Waals surface area contributed by atoms with Gasteiger partial charge in [-0.25, -0.2) is 0 Å². The van der Waals surface area contributed by atoms with E-state index >= 15 is 0 Å². The van der Waals surface area contributed by atoms with Gasteiger partial charge in [-0.3, -0.25) is 4.79 Å². The Morgan fingerprint density at radius 1 is 1.62 bits per heavy atom. The van der Waals surface area contributed by atoms with Crippen LogP contribution < -0.4 is 0 Å². The molecule has 2 unspecified atom stereocenters. The third-order valence-electron chi connectivity index (χ3n) is 1.22. The van der Waals surface area contributed by atoms with Gasteiger partial charge in [0.25, 0.3) is 0 Å². The zero-order valence-corrected chi connectivity index (χ0v) is 6.39. The Hall–Kier alpha value is -0.100. The molecule has 2 atom stereocenters. The van der Waals surface area contributed by atoms with Crippen molar-refractivity contribution in [3.05, 3.63) is 0 Å². The quantitative estimate of drug-likeness (QED) is 0.531. The average molecular weight is 134 g/mol. The molecule has 0 saturated heterocycles. The summed E-state index contributed by atoms with van der Waals surface area (Å²) < 4.78 is 10.5. The summed E-state index contributed by atoms with van der Waals surface area (Å²) >= 11 is 0. The van der Waals surface area contributed by atoms with Crippen LogP contribution in [0.5, 0.6) is 0 Å². The maximum atomic E-state index is 10.5. The minimum Gasteiger partial charge on any atom is -0.326 e. The minimum atomic E-state index is -1.61. The Morgan fingerprint density at radius 2 is 2.00 bits per heavy atom. The molecule has 48 valence electrons. The van der Waals surface area contributed by atoms with Crippen molar-refractivity contribution in [3.8, 4) is 0 Å². The SMILES string of the molecule is CC(=O)C(C)[PH](C)=O. The predicted molar refractivity (Wildman–Crippen MR) is 35.1 cm³/mol. The highest BCUT2D eigenvalue weighted by molar-refractivity contribution is 7.45. The van der Waals surface area contributed by atoms with Crippen molar-refractivity contribution in [1.29, 1.82) is 0 Å².